The summed E-state index contributed by atoms with van der Waals surface area (Å²) in [7, 11) is 6.23. The first-order valence-electron chi connectivity index (χ1n) is 6.36. The van der Waals surface area contributed by atoms with E-state index < -0.39 is 5.82 Å². The Morgan fingerprint density at radius 2 is 2.00 bits per heavy atom. The summed E-state index contributed by atoms with van der Waals surface area (Å²) in [6.07, 6.45) is 1.65. The molecule has 1 heterocycles. The minimum Gasteiger partial charge on any atom is -1.00 e. The van der Waals surface area contributed by atoms with E-state index in [1.807, 2.05) is 13.0 Å². The highest BCUT2D eigenvalue weighted by molar-refractivity contribution is 5.50. The molecule has 0 bridgehead atoms. The maximum Gasteiger partial charge on any atom is 0.143 e. The Bertz CT molecular complexity index is 680. The van der Waals surface area contributed by atoms with Crippen LogP contribution in [-0.2, 0) is 6.54 Å². The van der Waals surface area contributed by atoms with Crippen LogP contribution >= 0.6 is 0 Å². The molecule has 0 fully saturated rings. The molecule has 21 heavy (non-hydrogen) atoms. The molecule has 0 saturated heterocycles. The van der Waals surface area contributed by atoms with Crippen molar-refractivity contribution in [1.29, 1.82) is 5.26 Å². The number of aryl methyl sites for hydroxylation is 1. The van der Waals surface area contributed by atoms with Crippen LogP contribution in [0.15, 0.2) is 24.5 Å². The second-order valence-corrected chi connectivity index (χ2v) is 5.84. The number of halogens is 2. The second kappa shape index (κ2) is 6.54. The summed E-state index contributed by atoms with van der Waals surface area (Å²) in [5.74, 6) is -0.507. The Morgan fingerprint density at radius 3 is 2.57 bits per heavy atom. The molecule has 1 aromatic heterocycles. The molecule has 0 saturated carbocycles. The topological polar surface area (TPSA) is 41.6 Å². The van der Waals surface area contributed by atoms with E-state index in [0.717, 1.165) is 22.4 Å². The molecule has 0 radical (unpaired) electrons. The number of benzene rings is 1. The average molecular weight is 400 g/mol. The van der Waals surface area contributed by atoms with Gasteiger partial charge in [0.1, 0.15) is 29.7 Å². The number of nitrogens with zero attached hydrogens (tertiary/aromatic N) is 4. The normalized spacial score (nSPS) is 10.9. The van der Waals surface area contributed by atoms with Gasteiger partial charge in [0.05, 0.1) is 38.9 Å². The first-order valence-corrected chi connectivity index (χ1v) is 6.36. The van der Waals surface area contributed by atoms with Crippen molar-refractivity contribution in [3.63, 3.8) is 0 Å². The smallest absolute Gasteiger partial charge is 0.143 e. The molecule has 6 heteroatoms. The quantitative estimate of drug-likeness (QED) is 0.511. The van der Waals surface area contributed by atoms with Crippen molar-refractivity contribution in [1.82, 2.24) is 9.55 Å². The SMILES string of the molecule is Cc1ncn(-c2cccc(F)c2C#N)c1C[N+](C)(C)C.[I-]. The number of quaternary nitrogens is 1. The summed E-state index contributed by atoms with van der Waals surface area (Å²) in [5.41, 5.74) is 2.47. The number of rotatable bonds is 3. The summed E-state index contributed by atoms with van der Waals surface area (Å²) in [5, 5.41) is 9.16. The van der Waals surface area contributed by atoms with Gasteiger partial charge in [0.15, 0.2) is 0 Å². The first kappa shape index (κ1) is 17.6. The Morgan fingerprint density at radius 1 is 1.33 bits per heavy atom. The molecular weight excluding hydrogens is 382 g/mol. The molecule has 112 valence electrons. The molecule has 2 aromatic rings. The average Bonchev–Trinajstić information content (AvgIpc) is 2.69. The molecule has 0 atom stereocenters. The summed E-state index contributed by atoms with van der Waals surface area (Å²) >= 11 is 0. The lowest BCUT2D eigenvalue weighted by atomic mass is 10.1. The van der Waals surface area contributed by atoms with Gasteiger partial charge in [0.2, 0.25) is 0 Å². The monoisotopic (exact) mass is 400 g/mol. The molecule has 0 aliphatic rings. The maximum atomic E-state index is 13.8. The summed E-state index contributed by atoms with van der Waals surface area (Å²) in [6, 6.07) is 6.58. The van der Waals surface area contributed by atoms with Crippen molar-refractivity contribution in [2.75, 3.05) is 21.1 Å². The van der Waals surface area contributed by atoms with Gasteiger partial charge < -0.3 is 28.5 Å². The van der Waals surface area contributed by atoms with Gasteiger partial charge in [-0.2, -0.15) is 5.26 Å². The van der Waals surface area contributed by atoms with Crippen LogP contribution in [0.5, 0.6) is 0 Å². The standard InChI is InChI=1S/C15H18FN4.HI/c1-11-15(9-20(2,3)4)19(10-18-11)14-7-5-6-13(16)12(14)8-17;/h5-7,10H,9H2,1-4H3;1H/q+1;/p-1. The third kappa shape index (κ3) is 3.80. The fourth-order valence-electron chi connectivity index (χ4n) is 2.13. The fraction of sp³-hybridized carbons (Fsp3) is 0.333. The lowest BCUT2D eigenvalue weighted by molar-refractivity contribution is -0.884. The van der Waals surface area contributed by atoms with Gasteiger partial charge in [-0.05, 0) is 19.1 Å². The molecule has 0 aliphatic heterocycles. The van der Waals surface area contributed by atoms with Crippen LogP contribution in [0.3, 0.4) is 0 Å². The zero-order chi connectivity index (χ0) is 14.9. The van der Waals surface area contributed by atoms with E-state index in [9.17, 15) is 4.39 Å². The van der Waals surface area contributed by atoms with E-state index in [2.05, 4.69) is 26.1 Å². The predicted molar refractivity (Wildman–Crippen MR) is 74.7 cm³/mol. The second-order valence-electron chi connectivity index (χ2n) is 5.84. The largest absolute Gasteiger partial charge is 1.00 e. The Hall–Kier alpha value is -1.46. The van der Waals surface area contributed by atoms with Crippen LogP contribution in [0.25, 0.3) is 5.69 Å². The van der Waals surface area contributed by atoms with Crippen molar-refractivity contribution in [2.24, 2.45) is 0 Å². The van der Waals surface area contributed by atoms with Crippen molar-refractivity contribution >= 4 is 0 Å². The molecule has 2 rings (SSSR count). The van der Waals surface area contributed by atoms with Crippen LogP contribution in [0.2, 0.25) is 0 Å². The zero-order valence-corrected chi connectivity index (χ0v) is 14.7. The van der Waals surface area contributed by atoms with Crippen LogP contribution in [0.1, 0.15) is 17.0 Å². The van der Waals surface area contributed by atoms with Gasteiger partial charge in [0.25, 0.3) is 0 Å². The number of hydrogen-bond donors (Lipinski definition) is 0. The highest BCUT2D eigenvalue weighted by atomic mass is 127. The van der Waals surface area contributed by atoms with Gasteiger partial charge in [-0.15, -0.1) is 0 Å². The molecule has 4 nitrogen and oxygen atoms in total. The van der Waals surface area contributed by atoms with Gasteiger partial charge in [0, 0.05) is 0 Å². The van der Waals surface area contributed by atoms with E-state index in [1.54, 1.807) is 23.0 Å². The van der Waals surface area contributed by atoms with E-state index in [-0.39, 0.29) is 29.5 Å². The fourth-order valence-corrected chi connectivity index (χ4v) is 2.13. The highest BCUT2D eigenvalue weighted by Gasteiger charge is 2.19. The predicted octanol–water partition coefficient (Wildman–Crippen LogP) is -0.598. The number of imidazole rings is 1. The van der Waals surface area contributed by atoms with Gasteiger partial charge in [-0.3, -0.25) is 4.57 Å². The van der Waals surface area contributed by atoms with E-state index in [0.29, 0.717) is 5.69 Å². The van der Waals surface area contributed by atoms with E-state index in [4.69, 9.17) is 5.26 Å². The van der Waals surface area contributed by atoms with Crippen molar-refractivity contribution < 1.29 is 32.9 Å². The van der Waals surface area contributed by atoms with Crippen LogP contribution in [0, 0.1) is 24.1 Å². The molecule has 0 aliphatic carbocycles. The van der Waals surface area contributed by atoms with Crippen LogP contribution in [0.4, 0.5) is 4.39 Å². The Labute approximate surface area is 141 Å². The first-order chi connectivity index (χ1) is 9.33. The zero-order valence-electron chi connectivity index (χ0n) is 12.6. The summed E-state index contributed by atoms with van der Waals surface area (Å²) in [4.78, 5) is 4.30. The van der Waals surface area contributed by atoms with Gasteiger partial charge in [-0.1, -0.05) is 6.07 Å². The van der Waals surface area contributed by atoms with Crippen LogP contribution < -0.4 is 24.0 Å². The van der Waals surface area contributed by atoms with E-state index in [1.165, 1.54) is 6.07 Å². The molecule has 0 N–H and O–H groups in total. The van der Waals surface area contributed by atoms with Crippen molar-refractivity contribution in [3.05, 3.63) is 47.3 Å². The number of hydrogen-bond acceptors (Lipinski definition) is 2. The van der Waals surface area contributed by atoms with Gasteiger partial charge >= 0.3 is 0 Å². The molecule has 0 unspecified atom stereocenters. The minimum atomic E-state index is -0.507. The summed E-state index contributed by atoms with van der Waals surface area (Å²) < 4.78 is 16.3. The molecule has 1 aromatic carbocycles. The lowest BCUT2D eigenvalue weighted by Crippen LogP contribution is -3.00. The maximum absolute atomic E-state index is 13.8. The third-order valence-electron chi connectivity index (χ3n) is 3.06. The Balaban J connectivity index is 0.00000220. The molecule has 0 spiro atoms. The molecular formula is C15H18FIN4. The lowest BCUT2D eigenvalue weighted by Gasteiger charge is -2.25. The van der Waals surface area contributed by atoms with Gasteiger partial charge in [-0.25, -0.2) is 9.37 Å². The Kier molecular flexibility index (Phi) is 5.48. The number of aromatic nitrogens is 2. The third-order valence-corrected chi connectivity index (χ3v) is 3.06. The van der Waals surface area contributed by atoms with Crippen LogP contribution in [-0.4, -0.2) is 35.2 Å². The minimum absolute atomic E-state index is 0. The van der Waals surface area contributed by atoms with Crippen molar-refractivity contribution in [2.45, 2.75) is 13.5 Å². The molecule has 0 amide bonds. The van der Waals surface area contributed by atoms with E-state index >= 15 is 0 Å². The number of nitriles is 1. The van der Waals surface area contributed by atoms with Crippen molar-refractivity contribution in [3.8, 4) is 11.8 Å². The summed E-state index contributed by atoms with van der Waals surface area (Å²) in [6.45, 7) is 2.67. The highest BCUT2D eigenvalue weighted by Crippen LogP contribution is 2.22.